The van der Waals surface area contributed by atoms with Crippen molar-refractivity contribution in [2.24, 2.45) is 0 Å². The van der Waals surface area contributed by atoms with Crippen LogP contribution in [0, 0.1) is 6.92 Å². The van der Waals surface area contributed by atoms with Gasteiger partial charge in [0.1, 0.15) is 5.75 Å². The van der Waals surface area contributed by atoms with E-state index >= 15 is 0 Å². The van der Waals surface area contributed by atoms with Gasteiger partial charge in [-0.2, -0.15) is 0 Å². The molecule has 0 spiro atoms. The first-order chi connectivity index (χ1) is 8.58. The molecule has 2 rings (SSSR count). The minimum Gasteiger partial charge on any atom is -0.508 e. The van der Waals surface area contributed by atoms with Crippen molar-refractivity contribution in [3.8, 4) is 5.75 Å². The van der Waals surface area contributed by atoms with E-state index in [1.54, 1.807) is 36.5 Å². The van der Waals surface area contributed by atoms with Gasteiger partial charge in [-0.3, -0.25) is 4.79 Å². The summed E-state index contributed by atoms with van der Waals surface area (Å²) >= 11 is 1.62. The molecular formula is C14H15NO2S. The van der Waals surface area contributed by atoms with E-state index in [0.29, 0.717) is 11.1 Å². The number of aryl methyl sites for hydroxylation is 1. The summed E-state index contributed by atoms with van der Waals surface area (Å²) in [6.07, 6.45) is 0. The predicted molar refractivity (Wildman–Crippen MR) is 73.0 cm³/mol. The summed E-state index contributed by atoms with van der Waals surface area (Å²) in [5.41, 5.74) is 1.26. The maximum Gasteiger partial charge on any atom is 0.251 e. The number of phenols is 1. The lowest BCUT2D eigenvalue weighted by Crippen LogP contribution is -2.26. The van der Waals surface area contributed by atoms with Crippen LogP contribution in [-0.4, -0.2) is 11.0 Å². The lowest BCUT2D eigenvalue weighted by atomic mass is 10.1. The Morgan fingerprint density at radius 3 is 2.78 bits per heavy atom. The fourth-order valence-electron chi connectivity index (χ4n) is 1.69. The van der Waals surface area contributed by atoms with Gasteiger partial charge in [0.05, 0.1) is 6.04 Å². The molecule has 0 aliphatic heterocycles. The zero-order valence-electron chi connectivity index (χ0n) is 10.3. The number of hydrogen-bond acceptors (Lipinski definition) is 3. The summed E-state index contributed by atoms with van der Waals surface area (Å²) in [4.78, 5) is 13.1. The number of thiophene rings is 1. The van der Waals surface area contributed by atoms with Gasteiger partial charge in [-0.1, -0.05) is 6.07 Å². The number of nitrogens with one attached hydrogen (secondary N) is 1. The van der Waals surface area contributed by atoms with E-state index in [9.17, 15) is 9.90 Å². The standard InChI is InChI=1S/C14H15NO2S/c1-9-8-11(5-6-12(9)16)14(17)15-10(2)13-4-3-7-18-13/h3-8,10,16H,1-2H3,(H,15,17). The largest absolute Gasteiger partial charge is 0.508 e. The van der Waals surface area contributed by atoms with Crippen LogP contribution in [0.5, 0.6) is 5.75 Å². The number of aromatic hydroxyl groups is 1. The highest BCUT2D eigenvalue weighted by atomic mass is 32.1. The molecule has 0 aliphatic carbocycles. The van der Waals surface area contributed by atoms with Gasteiger partial charge in [0, 0.05) is 10.4 Å². The molecule has 1 amide bonds. The third-order valence-corrected chi connectivity index (χ3v) is 3.83. The average Bonchev–Trinajstić information content (AvgIpc) is 2.86. The molecule has 0 saturated heterocycles. The molecule has 0 fully saturated rings. The second-order valence-electron chi connectivity index (χ2n) is 4.21. The molecule has 2 aromatic rings. The smallest absolute Gasteiger partial charge is 0.251 e. The molecule has 0 aliphatic rings. The van der Waals surface area contributed by atoms with E-state index in [1.165, 1.54) is 0 Å². The quantitative estimate of drug-likeness (QED) is 0.891. The fourth-order valence-corrected chi connectivity index (χ4v) is 2.42. The highest BCUT2D eigenvalue weighted by Crippen LogP contribution is 2.20. The van der Waals surface area contributed by atoms with Crippen LogP contribution in [0.25, 0.3) is 0 Å². The van der Waals surface area contributed by atoms with Crippen LogP contribution in [0.2, 0.25) is 0 Å². The minimum atomic E-state index is -0.126. The second kappa shape index (κ2) is 5.23. The minimum absolute atomic E-state index is 0.00777. The lowest BCUT2D eigenvalue weighted by molar-refractivity contribution is 0.0940. The number of carbonyl (C=O) groups is 1. The van der Waals surface area contributed by atoms with Crippen molar-refractivity contribution in [3.63, 3.8) is 0 Å². The van der Waals surface area contributed by atoms with E-state index in [4.69, 9.17) is 0 Å². The molecule has 1 aromatic carbocycles. The third kappa shape index (κ3) is 2.71. The summed E-state index contributed by atoms with van der Waals surface area (Å²) in [7, 11) is 0. The molecule has 1 aromatic heterocycles. The Hall–Kier alpha value is -1.81. The first-order valence-corrected chi connectivity index (χ1v) is 6.60. The molecule has 1 unspecified atom stereocenters. The van der Waals surface area contributed by atoms with Crippen LogP contribution in [0.4, 0.5) is 0 Å². The highest BCUT2D eigenvalue weighted by molar-refractivity contribution is 7.10. The molecule has 18 heavy (non-hydrogen) atoms. The van der Waals surface area contributed by atoms with Crippen molar-refractivity contribution in [1.82, 2.24) is 5.32 Å². The molecule has 2 N–H and O–H groups in total. The molecule has 0 bridgehead atoms. The Morgan fingerprint density at radius 1 is 1.39 bits per heavy atom. The van der Waals surface area contributed by atoms with E-state index in [-0.39, 0.29) is 17.7 Å². The first kappa shape index (κ1) is 12.6. The topological polar surface area (TPSA) is 49.3 Å². The summed E-state index contributed by atoms with van der Waals surface area (Å²) in [5, 5.41) is 14.4. The Bertz CT molecular complexity index is 549. The van der Waals surface area contributed by atoms with Crippen molar-refractivity contribution in [1.29, 1.82) is 0 Å². The lowest BCUT2D eigenvalue weighted by Gasteiger charge is -2.12. The Balaban J connectivity index is 2.10. The van der Waals surface area contributed by atoms with Gasteiger partial charge in [0.2, 0.25) is 0 Å². The molecular weight excluding hydrogens is 246 g/mol. The van der Waals surface area contributed by atoms with Gasteiger partial charge in [-0.25, -0.2) is 0 Å². The summed E-state index contributed by atoms with van der Waals surface area (Å²) in [5.74, 6) is 0.0804. The SMILES string of the molecule is Cc1cc(C(=O)NC(C)c2cccs2)ccc1O. The van der Waals surface area contributed by atoms with E-state index in [1.807, 2.05) is 24.4 Å². The maximum absolute atomic E-state index is 12.0. The number of carbonyl (C=O) groups excluding carboxylic acids is 1. The summed E-state index contributed by atoms with van der Waals surface area (Å²) in [6, 6.07) is 8.81. The third-order valence-electron chi connectivity index (χ3n) is 2.78. The van der Waals surface area contributed by atoms with Gasteiger partial charge in [-0.05, 0) is 49.1 Å². The van der Waals surface area contributed by atoms with Gasteiger partial charge >= 0.3 is 0 Å². The molecule has 4 heteroatoms. The highest BCUT2D eigenvalue weighted by Gasteiger charge is 2.12. The van der Waals surface area contributed by atoms with Gasteiger partial charge in [-0.15, -0.1) is 11.3 Å². The van der Waals surface area contributed by atoms with Gasteiger partial charge < -0.3 is 10.4 Å². The summed E-state index contributed by atoms with van der Waals surface area (Å²) in [6.45, 7) is 3.73. The first-order valence-electron chi connectivity index (χ1n) is 5.72. The van der Waals surface area contributed by atoms with E-state index in [0.717, 1.165) is 4.88 Å². The Morgan fingerprint density at radius 2 is 2.17 bits per heavy atom. The van der Waals surface area contributed by atoms with Crippen LogP contribution in [0.3, 0.4) is 0 Å². The average molecular weight is 261 g/mol. The van der Waals surface area contributed by atoms with Crippen LogP contribution in [0.1, 0.15) is 33.8 Å². The van der Waals surface area contributed by atoms with Crippen molar-refractivity contribution in [2.45, 2.75) is 19.9 Å². The van der Waals surface area contributed by atoms with E-state index < -0.39 is 0 Å². The molecule has 3 nitrogen and oxygen atoms in total. The predicted octanol–water partition coefficient (Wildman–Crippen LogP) is 3.25. The number of hydrogen-bond donors (Lipinski definition) is 2. The normalized spacial score (nSPS) is 12.1. The van der Waals surface area contributed by atoms with Crippen LogP contribution in [0.15, 0.2) is 35.7 Å². The zero-order chi connectivity index (χ0) is 13.1. The fraction of sp³-hybridized carbons (Fsp3) is 0.214. The Labute approximate surface area is 110 Å². The van der Waals surface area contributed by atoms with Crippen molar-refractivity contribution < 1.29 is 9.90 Å². The van der Waals surface area contributed by atoms with Gasteiger partial charge in [0.25, 0.3) is 5.91 Å². The monoisotopic (exact) mass is 261 g/mol. The molecule has 0 saturated carbocycles. The van der Waals surface area contributed by atoms with Crippen molar-refractivity contribution in [3.05, 3.63) is 51.7 Å². The van der Waals surface area contributed by atoms with E-state index in [2.05, 4.69) is 5.32 Å². The van der Waals surface area contributed by atoms with Crippen LogP contribution in [-0.2, 0) is 0 Å². The number of benzene rings is 1. The molecule has 94 valence electrons. The molecule has 1 atom stereocenters. The number of phenolic OH excluding ortho intramolecular Hbond substituents is 1. The van der Waals surface area contributed by atoms with Gasteiger partial charge in [0.15, 0.2) is 0 Å². The number of rotatable bonds is 3. The molecule has 1 heterocycles. The maximum atomic E-state index is 12.0. The van der Waals surface area contributed by atoms with Crippen molar-refractivity contribution >= 4 is 17.2 Å². The van der Waals surface area contributed by atoms with Crippen molar-refractivity contribution in [2.75, 3.05) is 0 Å². The number of amides is 1. The molecule has 0 radical (unpaired) electrons. The zero-order valence-corrected chi connectivity index (χ0v) is 11.1. The van der Waals surface area contributed by atoms with Crippen LogP contribution < -0.4 is 5.32 Å². The summed E-state index contributed by atoms with van der Waals surface area (Å²) < 4.78 is 0. The van der Waals surface area contributed by atoms with Crippen LogP contribution >= 0.6 is 11.3 Å². The second-order valence-corrected chi connectivity index (χ2v) is 5.19. The Kier molecular flexibility index (Phi) is 3.67.